The topological polar surface area (TPSA) is 67.9 Å². The minimum atomic E-state index is -0.206. The summed E-state index contributed by atoms with van der Waals surface area (Å²) in [6, 6.07) is 6.99. The van der Waals surface area contributed by atoms with E-state index in [9.17, 15) is 9.59 Å². The first-order chi connectivity index (χ1) is 13.0. The van der Waals surface area contributed by atoms with Gasteiger partial charge >= 0.3 is 6.03 Å². The molecular formula is C20H24N2O4S. The molecule has 1 aromatic carbocycles. The van der Waals surface area contributed by atoms with E-state index in [0.29, 0.717) is 30.3 Å². The summed E-state index contributed by atoms with van der Waals surface area (Å²) in [6.07, 6.45) is 1.64. The van der Waals surface area contributed by atoms with Gasteiger partial charge < -0.3 is 19.7 Å². The van der Waals surface area contributed by atoms with Gasteiger partial charge in [0.2, 0.25) is 0 Å². The largest absolute Gasteiger partial charge is 0.493 e. The molecule has 7 heteroatoms. The van der Waals surface area contributed by atoms with Gasteiger partial charge in [-0.25, -0.2) is 4.79 Å². The van der Waals surface area contributed by atoms with Crippen molar-refractivity contribution in [3.63, 3.8) is 0 Å². The van der Waals surface area contributed by atoms with E-state index in [2.05, 4.69) is 5.32 Å². The van der Waals surface area contributed by atoms with E-state index in [1.165, 1.54) is 11.3 Å². The fraction of sp³-hybridized carbons (Fsp3) is 0.400. The number of hydrogen-bond acceptors (Lipinski definition) is 5. The summed E-state index contributed by atoms with van der Waals surface area (Å²) < 4.78 is 10.5. The van der Waals surface area contributed by atoms with Crippen LogP contribution >= 0.6 is 11.3 Å². The maximum Gasteiger partial charge on any atom is 0.321 e. The molecule has 1 fully saturated rings. The molecule has 2 aromatic rings. The van der Waals surface area contributed by atoms with Crippen molar-refractivity contribution < 1.29 is 19.1 Å². The Hall–Kier alpha value is -2.54. The van der Waals surface area contributed by atoms with Crippen molar-refractivity contribution in [3.05, 3.63) is 40.1 Å². The Morgan fingerprint density at radius 3 is 2.63 bits per heavy atom. The van der Waals surface area contributed by atoms with Crippen LogP contribution in [0.4, 0.5) is 10.5 Å². The third-order valence-electron chi connectivity index (χ3n) is 4.80. The van der Waals surface area contributed by atoms with Crippen molar-refractivity contribution in [3.8, 4) is 11.5 Å². The SMILES string of the molecule is COc1ccc(NC(=O)N2CCCC(C(=O)c3sccc3C)C2)cc1OC. The summed E-state index contributed by atoms with van der Waals surface area (Å²) in [7, 11) is 3.12. The predicted molar refractivity (Wildman–Crippen MR) is 106 cm³/mol. The number of benzene rings is 1. The zero-order chi connectivity index (χ0) is 19.4. The molecule has 27 heavy (non-hydrogen) atoms. The van der Waals surface area contributed by atoms with Crippen LogP contribution in [0.15, 0.2) is 29.6 Å². The Labute approximate surface area is 163 Å². The van der Waals surface area contributed by atoms with Gasteiger partial charge in [-0.3, -0.25) is 4.79 Å². The van der Waals surface area contributed by atoms with Crippen LogP contribution in [0.25, 0.3) is 0 Å². The monoisotopic (exact) mass is 388 g/mol. The smallest absolute Gasteiger partial charge is 0.321 e. The highest BCUT2D eigenvalue weighted by molar-refractivity contribution is 7.12. The number of urea groups is 1. The summed E-state index contributed by atoms with van der Waals surface area (Å²) in [6.45, 7) is 3.04. The van der Waals surface area contributed by atoms with Crippen LogP contribution in [0.3, 0.4) is 0 Å². The highest BCUT2D eigenvalue weighted by Crippen LogP contribution is 2.30. The van der Waals surface area contributed by atoms with Crippen LogP contribution in [0.2, 0.25) is 0 Å². The Morgan fingerprint density at radius 1 is 1.19 bits per heavy atom. The van der Waals surface area contributed by atoms with Gasteiger partial charge in [-0.05, 0) is 48.9 Å². The number of amides is 2. The minimum absolute atomic E-state index is 0.145. The number of rotatable bonds is 5. The lowest BCUT2D eigenvalue weighted by Gasteiger charge is -2.32. The molecule has 1 unspecified atom stereocenters. The predicted octanol–water partition coefficient (Wildman–Crippen LogP) is 4.20. The van der Waals surface area contributed by atoms with Crippen molar-refractivity contribution in [2.75, 3.05) is 32.6 Å². The van der Waals surface area contributed by atoms with E-state index in [1.54, 1.807) is 37.3 Å². The number of nitrogens with one attached hydrogen (secondary N) is 1. The summed E-state index contributed by atoms with van der Waals surface area (Å²) >= 11 is 1.48. The molecule has 0 spiro atoms. The second kappa shape index (κ2) is 8.43. The van der Waals surface area contributed by atoms with E-state index >= 15 is 0 Å². The molecule has 1 atom stereocenters. The molecule has 1 N–H and O–H groups in total. The first-order valence-corrected chi connectivity index (χ1v) is 9.77. The summed E-state index contributed by atoms with van der Waals surface area (Å²) in [5, 5.41) is 4.82. The number of carbonyl (C=O) groups excluding carboxylic acids is 2. The normalized spacial score (nSPS) is 16.7. The number of Topliss-reactive ketones (excluding diaryl/α,β-unsaturated/α-hetero) is 1. The molecule has 3 rings (SSSR count). The molecule has 1 aromatic heterocycles. The quantitative estimate of drug-likeness (QED) is 0.780. The van der Waals surface area contributed by atoms with Gasteiger partial charge in [0.15, 0.2) is 17.3 Å². The van der Waals surface area contributed by atoms with Gasteiger partial charge in [0.1, 0.15) is 0 Å². The zero-order valence-electron chi connectivity index (χ0n) is 15.8. The molecule has 2 heterocycles. The molecule has 1 aliphatic rings. The molecule has 6 nitrogen and oxygen atoms in total. The van der Waals surface area contributed by atoms with Gasteiger partial charge in [0, 0.05) is 30.8 Å². The second-order valence-electron chi connectivity index (χ2n) is 6.58. The summed E-state index contributed by atoms with van der Waals surface area (Å²) in [5.41, 5.74) is 1.64. The fourth-order valence-corrected chi connectivity index (χ4v) is 4.25. The summed E-state index contributed by atoms with van der Waals surface area (Å²) in [5.74, 6) is 1.15. The maximum absolute atomic E-state index is 12.8. The lowest BCUT2D eigenvalue weighted by atomic mass is 9.92. The van der Waals surface area contributed by atoms with E-state index < -0.39 is 0 Å². The standard InChI is InChI=1S/C20H24N2O4S/c1-13-8-10-27-19(13)18(23)14-5-4-9-22(12-14)20(24)21-15-6-7-16(25-2)17(11-15)26-3/h6-8,10-11,14H,4-5,9,12H2,1-3H3,(H,21,24). The molecule has 144 valence electrons. The van der Waals surface area contributed by atoms with Crippen LogP contribution in [0.1, 0.15) is 28.1 Å². The van der Waals surface area contributed by atoms with E-state index in [4.69, 9.17) is 9.47 Å². The van der Waals surface area contributed by atoms with Gasteiger partial charge in [-0.1, -0.05) is 0 Å². The molecule has 1 aliphatic heterocycles. The van der Waals surface area contributed by atoms with E-state index in [1.807, 2.05) is 18.4 Å². The Bertz CT molecular complexity index is 833. The molecular weight excluding hydrogens is 364 g/mol. The number of nitrogens with zero attached hydrogens (tertiary/aromatic N) is 1. The Balaban J connectivity index is 1.66. The van der Waals surface area contributed by atoms with Crippen LogP contribution in [-0.2, 0) is 0 Å². The van der Waals surface area contributed by atoms with Crippen LogP contribution in [0, 0.1) is 12.8 Å². The van der Waals surface area contributed by atoms with E-state index in [-0.39, 0.29) is 17.7 Å². The first kappa shape index (κ1) is 19.2. The third-order valence-corrected chi connectivity index (χ3v) is 5.83. The molecule has 2 amide bonds. The second-order valence-corrected chi connectivity index (χ2v) is 7.50. The highest BCUT2D eigenvalue weighted by Gasteiger charge is 2.30. The molecule has 1 saturated heterocycles. The number of thiophene rings is 1. The van der Waals surface area contributed by atoms with Crippen molar-refractivity contribution in [1.29, 1.82) is 0 Å². The van der Waals surface area contributed by atoms with Gasteiger partial charge in [0.05, 0.1) is 19.1 Å². The van der Waals surface area contributed by atoms with Crippen molar-refractivity contribution in [2.24, 2.45) is 5.92 Å². The molecule has 0 radical (unpaired) electrons. The maximum atomic E-state index is 12.8. The lowest BCUT2D eigenvalue weighted by Crippen LogP contribution is -2.44. The number of carbonyl (C=O) groups is 2. The van der Waals surface area contributed by atoms with Gasteiger partial charge in [-0.2, -0.15) is 0 Å². The number of ketones is 1. The molecule has 0 aliphatic carbocycles. The zero-order valence-corrected chi connectivity index (χ0v) is 16.6. The van der Waals surface area contributed by atoms with Crippen molar-refractivity contribution in [2.45, 2.75) is 19.8 Å². The van der Waals surface area contributed by atoms with Crippen LogP contribution in [0.5, 0.6) is 11.5 Å². The van der Waals surface area contributed by atoms with Crippen molar-refractivity contribution in [1.82, 2.24) is 4.90 Å². The Kier molecular flexibility index (Phi) is 6.01. The Morgan fingerprint density at radius 2 is 1.96 bits per heavy atom. The van der Waals surface area contributed by atoms with Gasteiger partial charge in [-0.15, -0.1) is 11.3 Å². The van der Waals surface area contributed by atoms with Crippen LogP contribution < -0.4 is 14.8 Å². The minimum Gasteiger partial charge on any atom is -0.493 e. The number of aryl methyl sites for hydroxylation is 1. The summed E-state index contributed by atoms with van der Waals surface area (Å²) in [4.78, 5) is 28.0. The third kappa shape index (κ3) is 4.24. The number of piperidine rings is 1. The fourth-order valence-electron chi connectivity index (χ4n) is 3.30. The van der Waals surface area contributed by atoms with E-state index in [0.717, 1.165) is 23.3 Å². The first-order valence-electron chi connectivity index (χ1n) is 8.89. The average Bonchev–Trinajstić information content (AvgIpc) is 3.13. The number of ether oxygens (including phenoxy) is 2. The van der Waals surface area contributed by atoms with Crippen LogP contribution in [-0.4, -0.2) is 44.0 Å². The average molecular weight is 388 g/mol. The number of hydrogen-bond donors (Lipinski definition) is 1. The van der Waals surface area contributed by atoms with Crippen molar-refractivity contribution >= 4 is 28.8 Å². The number of likely N-dealkylation sites (tertiary alicyclic amines) is 1. The molecule has 0 saturated carbocycles. The number of anilines is 1. The molecule has 0 bridgehead atoms. The van der Waals surface area contributed by atoms with Gasteiger partial charge in [0.25, 0.3) is 0 Å². The highest BCUT2D eigenvalue weighted by atomic mass is 32.1. The number of methoxy groups -OCH3 is 2. The lowest BCUT2D eigenvalue weighted by molar-refractivity contribution is 0.0855.